The van der Waals surface area contributed by atoms with Gasteiger partial charge in [-0.05, 0) is 55.3 Å². The molecule has 2 amide bonds. The Morgan fingerprint density at radius 3 is 1.84 bits per heavy atom. The number of para-hydroxylation sites is 3. The second-order valence-corrected chi connectivity index (χ2v) is 7.13. The Morgan fingerprint density at radius 2 is 1.25 bits per heavy atom. The van der Waals surface area contributed by atoms with E-state index in [2.05, 4.69) is 10.6 Å². The minimum absolute atomic E-state index is 0.116. The Kier molecular flexibility index (Phi) is 7.70. The molecule has 0 radical (unpaired) electrons. The lowest BCUT2D eigenvalue weighted by Crippen LogP contribution is -2.22. The number of hydrogen-bond acceptors (Lipinski definition) is 5. The van der Waals surface area contributed by atoms with E-state index in [1.807, 2.05) is 38.1 Å². The summed E-state index contributed by atoms with van der Waals surface area (Å²) >= 11 is 0. The van der Waals surface area contributed by atoms with Gasteiger partial charge in [0.25, 0.3) is 11.8 Å². The van der Waals surface area contributed by atoms with Crippen LogP contribution >= 0.6 is 0 Å². The van der Waals surface area contributed by atoms with Gasteiger partial charge in [0, 0.05) is 11.4 Å². The molecule has 0 spiro atoms. The highest BCUT2D eigenvalue weighted by Gasteiger charge is 2.10. The summed E-state index contributed by atoms with van der Waals surface area (Å²) in [5, 5.41) is 5.52. The summed E-state index contributed by atoms with van der Waals surface area (Å²) in [6.45, 7) is 3.57. The highest BCUT2D eigenvalue weighted by Crippen LogP contribution is 2.26. The van der Waals surface area contributed by atoms with Gasteiger partial charge in [-0.15, -0.1) is 0 Å². The van der Waals surface area contributed by atoms with Gasteiger partial charge in [0.1, 0.15) is 5.75 Å². The summed E-state index contributed by atoms with van der Waals surface area (Å²) < 4.78 is 16.4. The van der Waals surface area contributed by atoms with Gasteiger partial charge in [-0.3, -0.25) is 9.59 Å². The van der Waals surface area contributed by atoms with E-state index in [0.29, 0.717) is 28.6 Å². The van der Waals surface area contributed by atoms with E-state index >= 15 is 0 Å². The average molecular weight is 434 g/mol. The maximum Gasteiger partial charge on any atom is 0.262 e. The second-order valence-electron chi connectivity index (χ2n) is 7.13. The monoisotopic (exact) mass is 434 g/mol. The molecule has 0 saturated carbocycles. The van der Waals surface area contributed by atoms with Crippen LogP contribution in [0.15, 0.2) is 66.7 Å². The molecule has 3 aromatic rings. The molecule has 7 nitrogen and oxygen atoms in total. The first-order valence-corrected chi connectivity index (χ1v) is 10.1. The maximum absolute atomic E-state index is 12.3. The number of carbonyl (C=O) groups is 2. The van der Waals surface area contributed by atoms with E-state index in [0.717, 1.165) is 11.1 Å². The van der Waals surface area contributed by atoms with Crippen molar-refractivity contribution in [3.05, 3.63) is 77.9 Å². The zero-order chi connectivity index (χ0) is 22.9. The standard InChI is InChI=1S/C25H26N2O5/c1-17-8-6-9-18(2)25(17)32-16-24(29)27-20-11-7-10-19(14-20)26-23(28)15-31-22-13-5-4-12-21(22)30-3/h4-14H,15-16H2,1-3H3,(H,26,28)(H,27,29). The number of nitrogens with one attached hydrogen (secondary N) is 2. The van der Waals surface area contributed by atoms with Crippen molar-refractivity contribution < 1.29 is 23.8 Å². The molecule has 2 N–H and O–H groups in total. The molecule has 7 heteroatoms. The SMILES string of the molecule is COc1ccccc1OCC(=O)Nc1cccc(NC(=O)COc2c(C)cccc2C)c1. The molecule has 0 aliphatic carbocycles. The molecule has 32 heavy (non-hydrogen) atoms. The van der Waals surface area contributed by atoms with Crippen molar-refractivity contribution in [3.63, 3.8) is 0 Å². The predicted octanol–water partition coefficient (Wildman–Crippen LogP) is 4.35. The van der Waals surface area contributed by atoms with Crippen molar-refractivity contribution in [1.29, 1.82) is 0 Å². The smallest absolute Gasteiger partial charge is 0.262 e. The molecule has 0 aromatic heterocycles. The summed E-state index contributed by atoms with van der Waals surface area (Å²) in [5.74, 6) is 1.11. The first kappa shape index (κ1) is 22.7. The molecule has 0 atom stereocenters. The van der Waals surface area contributed by atoms with Crippen molar-refractivity contribution in [2.75, 3.05) is 31.0 Å². The Labute approximate surface area is 187 Å². The molecule has 0 unspecified atom stereocenters. The van der Waals surface area contributed by atoms with E-state index in [4.69, 9.17) is 14.2 Å². The number of methoxy groups -OCH3 is 1. The van der Waals surface area contributed by atoms with Crippen LogP contribution in [0.2, 0.25) is 0 Å². The number of ether oxygens (including phenoxy) is 3. The molecule has 3 rings (SSSR count). The number of anilines is 2. The third-order valence-electron chi connectivity index (χ3n) is 4.61. The molecule has 0 saturated heterocycles. The number of carbonyl (C=O) groups excluding carboxylic acids is 2. The van der Waals surface area contributed by atoms with Crippen LogP contribution in [0, 0.1) is 13.8 Å². The molecule has 3 aromatic carbocycles. The van der Waals surface area contributed by atoms with Gasteiger partial charge < -0.3 is 24.8 Å². The highest BCUT2D eigenvalue weighted by molar-refractivity contribution is 5.95. The summed E-state index contributed by atoms with van der Waals surface area (Å²) in [4.78, 5) is 24.6. The first-order chi connectivity index (χ1) is 15.5. The van der Waals surface area contributed by atoms with E-state index in [1.54, 1.807) is 42.5 Å². The lowest BCUT2D eigenvalue weighted by atomic mass is 10.1. The molecule has 0 aliphatic rings. The van der Waals surface area contributed by atoms with Crippen LogP contribution in [-0.4, -0.2) is 32.1 Å². The number of benzene rings is 3. The average Bonchev–Trinajstić information content (AvgIpc) is 2.78. The maximum atomic E-state index is 12.3. The van der Waals surface area contributed by atoms with Gasteiger partial charge in [-0.2, -0.15) is 0 Å². The number of hydrogen-bond donors (Lipinski definition) is 2. The summed E-state index contributed by atoms with van der Waals surface area (Å²) in [5.41, 5.74) is 3.02. The minimum atomic E-state index is -0.335. The zero-order valence-corrected chi connectivity index (χ0v) is 18.3. The molecular weight excluding hydrogens is 408 g/mol. The molecule has 0 aliphatic heterocycles. The van der Waals surface area contributed by atoms with Crippen LogP contribution in [0.4, 0.5) is 11.4 Å². The predicted molar refractivity (Wildman–Crippen MR) is 124 cm³/mol. The highest BCUT2D eigenvalue weighted by atomic mass is 16.5. The second kappa shape index (κ2) is 10.9. The summed E-state index contributed by atoms with van der Waals surface area (Å²) in [6.07, 6.45) is 0. The van der Waals surface area contributed by atoms with E-state index in [9.17, 15) is 9.59 Å². The largest absolute Gasteiger partial charge is 0.493 e. The molecule has 0 fully saturated rings. The van der Waals surface area contributed by atoms with Crippen LogP contribution in [-0.2, 0) is 9.59 Å². The number of aryl methyl sites for hydroxylation is 2. The van der Waals surface area contributed by atoms with E-state index in [-0.39, 0.29) is 25.0 Å². The third kappa shape index (κ3) is 6.25. The first-order valence-electron chi connectivity index (χ1n) is 10.1. The van der Waals surface area contributed by atoms with Gasteiger partial charge in [0.15, 0.2) is 24.7 Å². The van der Waals surface area contributed by atoms with Crippen LogP contribution in [0.3, 0.4) is 0 Å². The van der Waals surface area contributed by atoms with Gasteiger partial charge in [-0.25, -0.2) is 0 Å². The lowest BCUT2D eigenvalue weighted by molar-refractivity contribution is -0.118. The van der Waals surface area contributed by atoms with Crippen molar-refractivity contribution in [1.82, 2.24) is 0 Å². The summed E-state index contributed by atoms with van der Waals surface area (Å²) in [7, 11) is 1.54. The normalized spacial score (nSPS) is 10.2. The van der Waals surface area contributed by atoms with Crippen LogP contribution < -0.4 is 24.8 Å². The Bertz CT molecular complexity index is 1080. The van der Waals surface area contributed by atoms with Crippen molar-refractivity contribution >= 4 is 23.2 Å². The van der Waals surface area contributed by atoms with Gasteiger partial charge in [0.05, 0.1) is 7.11 Å². The lowest BCUT2D eigenvalue weighted by Gasteiger charge is -2.13. The van der Waals surface area contributed by atoms with E-state index < -0.39 is 0 Å². The fourth-order valence-corrected chi connectivity index (χ4v) is 3.11. The third-order valence-corrected chi connectivity index (χ3v) is 4.61. The van der Waals surface area contributed by atoms with Crippen LogP contribution in [0.5, 0.6) is 17.2 Å². The number of rotatable bonds is 9. The Hall–Kier alpha value is -4.00. The Balaban J connectivity index is 1.52. The summed E-state index contributed by atoms with van der Waals surface area (Å²) in [6, 6.07) is 19.8. The molecule has 0 heterocycles. The van der Waals surface area contributed by atoms with Crippen LogP contribution in [0.1, 0.15) is 11.1 Å². The van der Waals surface area contributed by atoms with Gasteiger partial charge in [-0.1, -0.05) is 36.4 Å². The van der Waals surface area contributed by atoms with Crippen molar-refractivity contribution in [3.8, 4) is 17.2 Å². The Morgan fingerprint density at radius 1 is 0.719 bits per heavy atom. The van der Waals surface area contributed by atoms with Crippen molar-refractivity contribution in [2.45, 2.75) is 13.8 Å². The molecule has 0 bridgehead atoms. The van der Waals surface area contributed by atoms with Crippen LogP contribution in [0.25, 0.3) is 0 Å². The fourth-order valence-electron chi connectivity index (χ4n) is 3.11. The minimum Gasteiger partial charge on any atom is -0.493 e. The topological polar surface area (TPSA) is 85.9 Å². The van der Waals surface area contributed by atoms with Crippen molar-refractivity contribution in [2.24, 2.45) is 0 Å². The van der Waals surface area contributed by atoms with Gasteiger partial charge >= 0.3 is 0 Å². The zero-order valence-electron chi connectivity index (χ0n) is 18.3. The molecule has 166 valence electrons. The molecular formula is C25H26N2O5. The quantitative estimate of drug-likeness (QED) is 0.523. The van der Waals surface area contributed by atoms with Gasteiger partial charge in [0.2, 0.25) is 0 Å². The van der Waals surface area contributed by atoms with E-state index in [1.165, 1.54) is 7.11 Å². The fraction of sp³-hybridized carbons (Fsp3) is 0.200. The number of amides is 2.